The molecule has 1 saturated heterocycles. The molecule has 1 fully saturated rings. The van der Waals surface area contributed by atoms with Crippen molar-refractivity contribution in [2.75, 3.05) is 13.1 Å². The normalized spacial score (nSPS) is 19.2. The van der Waals surface area contributed by atoms with Crippen LogP contribution < -0.4 is 4.74 Å². The van der Waals surface area contributed by atoms with Crippen LogP contribution in [-0.4, -0.2) is 46.9 Å². The summed E-state index contributed by atoms with van der Waals surface area (Å²) in [5.41, 5.74) is 1.65. The fourth-order valence-corrected chi connectivity index (χ4v) is 4.24. The van der Waals surface area contributed by atoms with Gasteiger partial charge in [0.25, 0.3) is 0 Å². The second-order valence-corrected chi connectivity index (χ2v) is 7.81. The molecule has 0 amide bonds. The molecule has 3 heterocycles. The predicted molar refractivity (Wildman–Crippen MR) is 88.2 cm³/mol. The van der Waals surface area contributed by atoms with Gasteiger partial charge in [0.15, 0.2) is 0 Å². The Labute approximate surface area is 141 Å². The molecule has 0 bridgehead atoms. The van der Waals surface area contributed by atoms with E-state index in [0.29, 0.717) is 12.6 Å². The summed E-state index contributed by atoms with van der Waals surface area (Å²) in [5.74, 6) is 0. The van der Waals surface area contributed by atoms with E-state index in [1.54, 1.807) is 18.3 Å². The summed E-state index contributed by atoms with van der Waals surface area (Å²) in [4.78, 5) is 12.6. The van der Waals surface area contributed by atoms with Crippen LogP contribution in [0.2, 0.25) is 0 Å². The van der Waals surface area contributed by atoms with Crippen molar-refractivity contribution in [2.24, 2.45) is 0 Å². The molecule has 2 aromatic heterocycles. The number of aryl methyl sites for hydroxylation is 2. The van der Waals surface area contributed by atoms with Gasteiger partial charge in [-0.3, -0.25) is 4.98 Å². The second-order valence-electron chi connectivity index (χ2n) is 5.87. The molecule has 3 rings (SSSR count). The maximum absolute atomic E-state index is 12.7. The van der Waals surface area contributed by atoms with E-state index in [1.165, 1.54) is 10.5 Å². The van der Waals surface area contributed by atoms with E-state index in [-0.39, 0.29) is 17.5 Å². The number of hydrogen-bond donors (Lipinski definition) is 0. The fourth-order valence-electron chi connectivity index (χ4n) is 2.76. The molecule has 8 heteroatoms. The molecule has 1 aliphatic rings. The van der Waals surface area contributed by atoms with Gasteiger partial charge in [-0.05, 0) is 44.9 Å². The topological polar surface area (TPSA) is 85.3 Å². The molecule has 0 radical (unpaired) electrons. The Morgan fingerprint density at radius 3 is 2.67 bits per heavy atom. The quantitative estimate of drug-likeness (QED) is 0.836. The van der Waals surface area contributed by atoms with E-state index in [2.05, 4.69) is 15.0 Å². The Balaban J connectivity index is 1.75. The van der Waals surface area contributed by atoms with E-state index in [9.17, 15) is 8.42 Å². The minimum absolute atomic E-state index is 0.202. The first kappa shape index (κ1) is 16.8. The highest BCUT2D eigenvalue weighted by Crippen LogP contribution is 2.22. The van der Waals surface area contributed by atoms with Crippen LogP contribution in [0, 0.1) is 13.8 Å². The van der Waals surface area contributed by atoms with E-state index in [1.807, 2.05) is 19.9 Å². The molecule has 0 saturated carbocycles. The first-order valence-electron chi connectivity index (χ1n) is 7.84. The molecule has 0 N–H and O–H groups in total. The maximum atomic E-state index is 12.7. The lowest BCUT2D eigenvalue weighted by atomic mass is 10.1. The van der Waals surface area contributed by atoms with Gasteiger partial charge in [-0.1, -0.05) is 0 Å². The first-order valence-corrected chi connectivity index (χ1v) is 9.28. The molecule has 7 nitrogen and oxygen atoms in total. The first-order chi connectivity index (χ1) is 11.4. The van der Waals surface area contributed by atoms with Gasteiger partial charge in [-0.25, -0.2) is 18.4 Å². The monoisotopic (exact) mass is 348 g/mol. The van der Waals surface area contributed by atoms with Gasteiger partial charge in [-0.15, -0.1) is 0 Å². The number of nitrogens with zero attached hydrogens (tertiary/aromatic N) is 4. The largest absolute Gasteiger partial charge is 0.459 e. The number of ether oxygens (including phenoxy) is 1. The third-order valence-electron chi connectivity index (χ3n) is 3.85. The summed E-state index contributed by atoms with van der Waals surface area (Å²) in [5, 5.41) is 0. The smallest absolute Gasteiger partial charge is 0.317 e. The zero-order valence-corrected chi connectivity index (χ0v) is 14.5. The van der Waals surface area contributed by atoms with Crippen molar-refractivity contribution in [3.8, 4) is 6.01 Å². The molecule has 24 heavy (non-hydrogen) atoms. The molecule has 1 aliphatic heterocycles. The lowest BCUT2D eigenvalue weighted by Crippen LogP contribution is -2.44. The summed E-state index contributed by atoms with van der Waals surface area (Å²) in [6.45, 7) is 4.52. The van der Waals surface area contributed by atoms with Crippen LogP contribution in [0.25, 0.3) is 0 Å². The number of hydrogen-bond acceptors (Lipinski definition) is 6. The molecule has 0 aromatic carbocycles. The molecule has 1 atom stereocenters. The third kappa shape index (κ3) is 3.70. The Bertz CT molecular complexity index is 791. The number of aromatic nitrogens is 3. The van der Waals surface area contributed by atoms with Crippen LogP contribution in [-0.2, 0) is 10.0 Å². The Hall–Kier alpha value is -2.06. The van der Waals surface area contributed by atoms with Crippen molar-refractivity contribution in [1.82, 2.24) is 19.3 Å². The second kappa shape index (κ2) is 6.82. The van der Waals surface area contributed by atoms with Crippen molar-refractivity contribution in [3.63, 3.8) is 0 Å². The maximum Gasteiger partial charge on any atom is 0.317 e. The number of piperidine rings is 1. The highest BCUT2D eigenvalue weighted by Gasteiger charge is 2.31. The molecular weight excluding hydrogens is 328 g/mol. The average Bonchev–Trinajstić information content (AvgIpc) is 2.55. The van der Waals surface area contributed by atoms with Crippen LogP contribution in [0.3, 0.4) is 0 Å². The number of rotatable bonds is 4. The summed E-state index contributed by atoms with van der Waals surface area (Å²) >= 11 is 0. The average molecular weight is 348 g/mol. The van der Waals surface area contributed by atoms with Crippen LogP contribution in [0.1, 0.15) is 24.2 Å². The molecular formula is C16H20N4O3S. The molecule has 2 aromatic rings. The van der Waals surface area contributed by atoms with Crippen molar-refractivity contribution < 1.29 is 13.2 Å². The van der Waals surface area contributed by atoms with Crippen LogP contribution in [0.5, 0.6) is 6.01 Å². The Morgan fingerprint density at radius 2 is 2.00 bits per heavy atom. The molecule has 1 unspecified atom stereocenters. The zero-order chi connectivity index (χ0) is 17.2. The van der Waals surface area contributed by atoms with Crippen LogP contribution in [0.15, 0.2) is 35.5 Å². The minimum atomic E-state index is -3.55. The van der Waals surface area contributed by atoms with E-state index in [4.69, 9.17) is 4.74 Å². The molecule has 128 valence electrons. The van der Waals surface area contributed by atoms with Crippen molar-refractivity contribution >= 4 is 10.0 Å². The summed E-state index contributed by atoms with van der Waals surface area (Å²) in [6.07, 6.45) is 4.17. The van der Waals surface area contributed by atoms with Crippen molar-refractivity contribution in [2.45, 2.75) is 37.7 Å². The van der Waals surface area contributed by atoms with E-state index in [0.717, 1.165) is 24.2 Å². The predicted octanol–water partition coefficient (Wildman–Crippen LogP) is 1.72. The Kier molecular flexibility index (Phi) is 4.77. The van der Waals surface area contributed by atoms with Gasteiger partial charge in [-0.2, -0.15) is 4.31 Å². The Morgan fingerprint density at radius 1 is 1.25 bits per heavy atom. The van der Waals surface area contributed by atoms with Gasteiger partial charge in [0.2, 0.25) is 10.0 Å². The highest BCUT2D eigenvalue weighted by molar-refractivity contribution is 7.89. The zero-order valence-electron chi connectivity index (χ0n) is 13.7. The lowest BCUT2D eigenvalue weighted by molar-refractivity contribution is 0.119. The van der Waals surface area contributed by atoms with E-state index < -0.39 is 10.0 Å². The lowest BCUT2D eigenvalue weighted by Gasteiger charge is -2.31. The third-order valence-corrected chi connectivity index (χ3v) is 5.70. The standard InChI is InChI=1S/C16H20N4O3S/c1-12-9-13(2)19-16(18-12)23-14-5-4-8-20(11-14)24(21,22)15-6-3-7-17-10-15/h3,6-7,9-10,14H,4-5,8,11H2,1-2H3. The minimum Gasteiger partial charge on any atom is -0.459 e. The summed E-state index contributed by atoms with van der Waals surface area (Å²) in [7, 11) is -3.55. The van der Waals surface area contributed by atoms with Crippen molar-refractivity contribution in [3.05, 3.63) is 42.0 Å². The SMILES string of the molecule is Cc1cc(C)nc(OC2CCCN(S(=O)(=O)c3cccnc3)C2)n1. The summed E-state index contributed by atoms with van der Waals surface area (Å²) < 4.78 is 32.7. The molecule has 0 spiro atoms. The van der Waals surface area contributed by atoms with Crippen LogP contribution in [0.4, 0.5) is 0 Å². The van der Waals surface area contributed by atoms with Crippen LogP contribution >= 0.6 is 0 Å². The van der Waals surface area contributed by atoms with Gasteiger partial charge >= 0.3 is 6.01 Å². The summed E-state index contributed by atoms with van der Waals surface area (Å²) in [6, 6.07) is 5.35. The fraction of sp³-hybridized carbons (Fsp3) is 0.438. The number of sulfonamides is 1. The van der Waals surface area contributed by atoms with Gasteiger partial charge < -0.3 is 4.74 Å². The van der Waals surface area contributed by atoms with Gasteiger partial charge in [0.05, 0.1) is 6.54 Å². The van der Waals surface area contributed by atoms with E-state index >= 15 is 0 Å². The van der Waals surface area contributed by atoms with Gasteiger partial charge in [0, 0.05) is 30.3 Å². The molecule has 0 aliphatic carbocycles. The number of pyridine rings is 1. The van der Waals surface area contributed by atoms with Gasteiger partial charge in [0.1, 0.15) is 11.0 Å². The van der Waals surface area contributed by atoms with Crippen molar-refractivity contribution in [1.29, 1.82) is 0 Å². The highest BCUT2D eigenvalue weighted by atomic mass is 32.2.